The number of carboxylic acid groups (broad SMARTS) is 1. The molecule has 6 nitrogen and oxygen atoms in total. The van der Waals surface area contributed by atoms with E-state index in [4.69, 9.17) is 9.84 Å². The van der Waals surface area contributed by atoms with Gasteiger partial charge in [-0.1, -0.05) is 38.1 Å². The van der Waals surface area contributed by atoms with Gasteiger partial charge >= 0.3 is 5.97 Å². The summed E-state index contributed by atoms with van der Waals surface area (Å²) in [5.74, 6) is -0.253. The normalized spacial score (nSPS) is 11.9. The molecule has 0 fully saturated rings. The number of carboxylic acids is 1. The average Bonchev–Trinajstić information content (AvgIpc) is 2.66. The number of aromatic carboxylic acids is 1. The van der Waals surface area contributed by atoms with E-state index in [0.717, 1.165) is 6.42 Å². The fourth-order valence-corrected chi connectivity index (χ4v) is 2.20. The number of rotatable bonds is 8. The Hall–Kier alpha value is -3.15. The van der Waals surface area contributed by atoms with Crippen LogP contribution in [0.1, 0.15) is 47.7 Å². The van der Waals surface area contributed by atoms with Gasteiger partial charge in [0.05, 0.1) is 11.8 Å². The maximum absolute atomic E-state index is 11.7. The number of ether oxygens (including phenoxy) is 1. The molecular formula is C20H22N2O4. The highest BCUT2D eigenvalue weighted by Gasteiger charge is 2.05. The number of amides is 1. The molecule has 0 aliphatic heterocycles. The largest absolute Gasteiger partial charge is 0.484 e. The fraction of sp³-hybridized carbons (Fsp3) is 0.250. The minimum atomic E-state index is -0.990. The standard InChI is InChI=1S/C20H22N2O4/c1-3-14(2)16-8-10-18(11-9-16)26-13-19(23)22-21-12-15-4-6-17(7-5-15)20(24)25/h4-12,14H,3,13H2,1-2H3,(H,22,23)(H,24,25)/b21-12-/t14-/m0/s1. The van der Waals surface area contributed by atoms with Gasteiger partial charge in [-0.2, -0.15) is 5.10 Å². The summed E-state index contributed by atoms with van der Waals surface area (Å²) in [4.78, 5) is 22.5. The van der Waals surface area contributed by atoms with Crippen LogP contribution in [0.15, 0.2) is 53.6 Å². The summed E-state index contributed by atoms with van der Waals surface area (Å²) in [6.45, 7) is 4.16. The number of hydrogen-bond acceptors (Lipinski definition) is 4. The Labute approximate surface area is 152 Å². The highest BCUT2D eigenvalue weighted by molar-refractivity contribution is 5.89. The molecule has 2 rings (SSSR count). The van der Waals surface area contributed by atoms with Crippen LogP contribution in [0.4, 0.5) is 0 Å². The van der Waals surface area contributed by atoms with Crippen molar-refractivity contribution in [2.75, 3.05) is 6.61 Å². The second-order valence-electron chi connectivity index (χ2n) is 5.89. The van der Waals surface area contributed by atoms with Crippen molar-refractivity contribution in [1.29, 1.82) is 0 Å². The van der Waals surface area contributed by atoms with E-state index in [9.17, 15) is 9.59 Å². The van der Waals surface area contributed by atoms with Gasteiger partial charge in [-0.05, 0) is 47.7 Å². The van der Waals surface area contributed by atoms with Crippen molar-refractivity contribution >= 4 is 18.1 Å². The van der Waals surface area contributed by atoms with Crippen LogP contribution in [0.5, 0.6) is 5.75 Å². The van der Waals surface area contributed by atoms with Crippen LogP contribution in [-0.2, 0) is 4.79 Å². The highest BCUT2D eigenvalue weighted by Crippen LogP contribution is 2.21. The van der Waals surface area contributed by atoms with E-state index in [1.54, 1.807) is 12.1 Å². The lowest BCUT2D eigenvalue weighted by Crippen LogP contribution is -2.24. The maximum Gasteiger partial charge on any atom is 0.335 e. The van der Waals surface area contributed by atoms with E-state index >= 15 is 0 Å². The Morgan fingerprint density at radius 2 is 1.81 bits per heavy atom. The van der Waals surface area contributed by atoms with Gasteiger partial charge < -0.3 is 9.84 Å². The van der Waals surface area contributed by atoms with Gasteiger partial charge in [-0.25, -0.2) is 10.2 Å². The summed E-state index contributed by atoms with van der Waals surface area (Å²) in [6.07, 6.45) is 2.50. The lowest BCUT2D eigenvalue weighted by Gasteiger charge is -2.10. The summed E-state index contributed by atoms with van der Waals surface area (Å²) in [6, 6.07) is 13.9. The van der Waals surface area contributed by atoms with Crippen LogP contribution >= 0.6 is 0 Å². The van der Waals surface area contributed by atoms with Crippen molar-refractivity contribution in [3.8, 4) is 5.75 Å². The predicted molar refractivity (Wildman–Crippen MR) is 99.8 cm³/mol. The first kappa shape index (κ1) is 19.2. The Morgan fingerprint density at radius 1 is 1.15 bits per heavy atom. The Kier molecular flexibility index (Phi) is 6.91. The third kappa shape index (κ3) is 5.73. The number of carbonyl (C=O) groups excluding carboxylic acids is 1. The van der Waals surface area contributed by atoms with Crippen molar-refractivity contribution in [2.45, 2.75) is 26.2 Å². The first-order chi connectivity index (χ1) is 12.5. The molecule has 2 N–H and O–H groups in total. The Balaban J connectivity index is 1.78. The molecule has 26 heavy (non-hydrogen) atoms. The number of nitrogens with one attached hydrogen (secondary N) is 1. The van der Waals surface area contributed by atoms with E-state index < -0.39 is 5.97 Å². The molecule has 136 valence electrons. The molecular weight excluding hydrogens is 332 g/mol. The van der Waals surface area contributed by atoms with Crippen molar-refractivity contribution in [3.63, 3.8) is 0 Å². The SMILES string of the molecule is CC[C@H](C)c1ccc(OCC(=O)N/N=C\c2ccc(C(=O)O)cc2)cc1. The number of hydrazone groups is 1. The Bertz CT molecular complexity index is 767. The third-order valence-corrected chi connectivity index (χ3v) is 3.99. The molecule has 0 aromatic heterocycles. The molecule has 0 aliphatic rings. The summed E-state index contributed by atoms with van der Waals surface area (Å²) in [5, 5.41) is 12.7. The topological polar surface area (TPSA) is 88.0 Å². The van der Waals surface area contributed by atoms with Gasteiger partial charge in [0.15, 0.2) is 6.61 Å². The molecule has 0 aliphatic carbocycles. The second-order valence-corrected chi connectivity index (χ2v) is 5.89. The first-order valence-corrected chi connectivity index (χ1v) is 8.37. The molecule has 0 heterocycles. The monoisotopic (exact) mass is 354 g/mol. The molecule has 1 atom stereocenters. The number of nitrogens with zero attached hydrogens (tertiary/aromatic N) is 1. The van der Waals surface area contributed by atoms with E-state index in [1.807, 2.05) is 24.3 Å². The molecule has 2 aromatic carbocycles. The van der Waals surface area contributed by atoms with Gasteiger partial charge in [0.25, 0.3) is 5.91 Å². The Morgan fingerprint density at radius 3 is 2.38 bits per heavy atom. The van der Waals surface area contributed by atoms with Gasteiger partial charge in [0.1, 0.15) is 5.75 Å². The van der Waals surface area contributed by atoms with Crippen molar-refractivity contribution in [3.05, 3.63) is 65.2 Å². The van der Waals surface area contributed by atoms with E-state index in [2.05, 4.69) is 24.4 Å². The summed E-state index contributed by atoms with van der Waals surface area (Å²) < 4.78 is 5.43. The summed E-state index contributed by atoms with van der Waals surface area (Å²) in [5.41, 5.74) is 4.48. The van der Waals surface area contributed by atoms with Gasteiger partial charge in [0.2, 0.25) is 0 Å². The second kappa shape index (κ2) is 9.36. The number of hydrogen-bond donors (Lipinski definition) is 2. The molecule has 2 aromatic rings. The molecule has 0 saturated carbocycles. The lowest BCUT2D eigenvalue weighted by atomic mass is 9.99. The van der Waals surface area contributed by atoms with Crippen LogP contribution in [0, 0.1) is 0 Å². The molecule has 0 spiro atoms. The highest BCUT2D eigenvalue weighted by atomic mass is 16.5. The van der Waals surface area contributed by atoms with E-state index in [-0.39, 0.29) is 18.1 Å². The summed E-state index contributed by atoms with van der Waals surface area (Å²) >= 11 is 0. The molecule has 1 amide bonds. The zero-order valence-electron chi connectivity index (χ0n) is 14.8. The van der Waals surface area contributed by atoms with Crippen LogP contribution < -0.4 is 10.2 Å². The minimum absolute atomic E-state index is 0.141. The first-order valence-electron chi connectivity index (χ1n) is 8.37. The van der Waals surface area contributed by atoms with Crippen LogP contribution in [0.3, 0.4) is 0 Å². The molecule has 0 bridgehead atoms. The molecule has 0 unspecified atom stereocenters. The van der Waals surface area contributed by atoms with Crippen LogP contribution in [-0.4, -0.2) is 29.8 Å². The van der Waals surface area contributed by atoms with E-state index in [0.29, 0.717) is 17.2 Å². The third-order valence-electron chi connectivity index (χ3n) is 3.99. The fourth-order valence-electron chi connectivity index (χ4n) is 2.20. The molecule has 0 saturated heterocycles. The van der Waals surface area contributed by atoms with Crippen LogP contribution in [0.2, 0.25) is 0 Å². The van der Waals surface area contributed by atoms with Gasteiger partial charge in [-0.3, -0.25) is 4.79 Å². The van der Waals surface area contributed by atoms with Gasteiger partial charge in [0, 0.05) is 0 Å². The quantitative estimate of drug-likeness (QED) is 0.561. The smallest absolute Gasteiger partial charge is 0.335 e. The lowest BCUT2D eigenvalue weighted by molar-refractivity contribution is -0.123. The zero-order chi connectivity index (χ0) is 18.9. The number of benzene rings is 2. The maximum atomic E-state index is 11.7. The van der Waals surface area contributed by atoms with E-state index in [1.165, 1.54) is 23.9 Å². The number of carbonyl (C=O) groups is 2. The molecule has 6 heteroatoms. The zero-order valence-corrected chi connectivity index (χ0v) is 14.8. The predicted octanol–water partition coefficient (Wildman–Crippen LogP) is 3.43. The van der Waals surface area contributed by atoms with Crippen molar-refractivity contribution in [2.24, 2.45) is 5.10 Å². The summed E-state index contributed by atoms with van der Waals surface area (Å²) in [7, 11) is 0. The van der Waals surface area contributed by atoms with Crippen molar-refractivity contribution in [1.82, 2.24) is 5.43 Å². The minimum Gasteiger partial charge on any atom is -0.484 e. The van der Waals surface area contributed by atoms with Gasteiger partial charge in [-0.15, -0.1) is 0 Å². The van der Waals surface area contributed by atoms with Crippen molar-refractivity contribution < 1.29 is 19.4 Å². The molecule has 0 radical (unpaired) electrons. The average molecular weight is 354 g/mol. The van der Waals surface area contributed by atoms with Crippen LogP contribution in [0.25, 0.3) is 0 Å².